The first-order valence-electron chi connectivity index (χ1n) is 9.26. The van der Waals surface area contributed by atoms with Crippen molar-refractivity contribution < 1.29 is 19.1 Å². The standard InChI is InChI=1S/C20H26N4O4S/c1-14(2)21-17(25)11-16-13-29-20(22-16)23-18(26)12-24(9-10-28-3)19(27)15-7-5-4-6-8-15/h4-8,13-14H,9-12H2,1-3H3,(H,21,25)(H,22,23,26). The van der Waals surface area contributed by atoms with Crippen molar-refractivity contribution in [3.05, 3.63) is 47.0 Å². The molecular weight excluding hydrogens is 392 g/mol. The number of amides is 3. The molecule has 1 aromatic heterocycles. The van der Waals surface area contributed by atoms with Crippen LogP contribution in [0.2, 0.25) is 0 Å². The number of methoxy groups -OCH3 is 1. The van der Waals surface area contributed by atoms with Crippen molar-refractivity contribution >= 4 is 34.2 Å². The number of benzene rings is 1. The van der Waals surface area contributed by atoms with Gasteiger partial charge >= 0.3 is 0 Å². The van der Waals surface area contributed by atoms with Gasteiger partial charge in [0, 0.05) is 30.6 Å². The summed E-state index contributed by atoms with van der Waals surface area (Å²) >= 11 is 1.24. The Balaban J connectivity index is 1.96. The summed E-state index contributed by atoms with van der Waals surface area (Å²) in [6.45, 7) is 4.25. The lowest BCUT2D eigenvalue weighted by molar-refractivity contribution is -0.121. The maximum absolute atomic E-state index is 12.7. The lowest BCUT2D eigenvalue weighted by Crippen LogP contribution is -2.40. The molecule has 0 fully saturated rings. The molecule has 0 unspecified atom stereocenters. The Bertz CT molecular complexity index is 823. The summed E-state index contributed by atoms with van der Waals surface area (Å²) in [5.74, 6) is -0.733. The second-order valence-corrected chi connectivity index (χ2v) is 7.53. The molecule has 0 atom stereocenters. The van der Waals surface area contributed by atoms with Gasteiger partial charge in [0.25, 0.3) is 5.91 Å². The van der Waals surface area contributed by atoms with Crippen LogP contribution in [0, 0.1) is 0 Å². The Morgan fingerprint density at radius 3 is 2.55 bits per heavy atom. The van der Waals surface area contributed by atoms with Crippen LogP contribution in [-0.4, -0.2) is 60.5 Å². The number of aromatic nitrogens is 1. The van der Waals surface area contributed by atoms with Crippen LogP contribution in [0.3, 0.4) is 0 Å². The van der Waals surface area contributed by atoms with E-state index in [1.165, 1.54) is 23.3 Å². The molecule has 0 radical (unpaired) electrons. The van der Waals surface area contributed by atoms with Gasteiger partial charge in [-0.25, -0.2) is 4.98 Å². The Morgan fingerprint density at radius 1 is 1.17 bits per heavy atom. The highest BCUT2D eigenvalue weighted by molar-refractivity contribution is 7.13. The number of nitrogens with one attached hydrogen (secondary N) is 2. The maximum atomic E-state index is 12.7. The Labute approximate surface area is 174 Å². The van der Waals surface area contributed by atoms with Crippen LogP contribution in [0.15, 0.2) is 35.7 Å². The van der Waals surface area contributed by atoms with Gasteiger partial charge in [0.2, 0.25) is 11.8 Å². The molecule has 29 heavy (non-hydrogen) atoms. The summed E-state index contributed by atoms with van der Waals surface area (Å²) in [6, 6.07) is 8.83. The molecule has 0 aliphatic heterocycles. The number of nitrogens with zero attached hydrogens (tertiary/aromatic N) is 2. The van der Waals surface area contributed by atoms with E-state index in [2.05, 4.69) is 15.6 Å². The van der Waals surface area contributed by atoms with E-state index in [9.17, 15) is 14.4 Å². The number of rotatable bonds is 10. The van der Waals surface area contributed by atoms with Crippen molar-refractivity contribution in [1.29, 1.82) is 0 Å². The molecule has 2 rings (SSSR count). The fourth-order valence-corrected chi connectivity index (χ4v) is 3.26. The van der Waals surface area contributed by atoms with Crippen LogP contribution in [0.1, 0.15) is 29.9 Å². The number of thiazole rings is 1. The second-order valence-electron chi connectivity index (χ2n) is 6.68. The maximum Gasteiger partial charge on any atom is 0.254 e. The number of anilines is 1. The molecule has 0 aliphatic rings. The summed E-state index contributed by atoms with van der Waals surface area (Å²) in [7, 11) is 1.54. The van der Waals surface area contributed by atoms with Gasteiger partial charge in [-0.1, -0.05) is 18.2 Å². The molecule has 1 aromatic carbocycles. The van der Waals surface area contributed by atoms with Crippen molar-refractivity contribution in [2.75, 3.05) is 32.1 Å². The van der Waals surface area contributed by atoms with Gasteiger partial charge < -0.3 is 20.3 Å². The fraction of sp³-hybridized carbons (Fsp3) is 0.400. The molecule has 9 heteroatoms. The summed E-state index contributed by atoms with van der Waals surface area (Å²) in [5.41, 5.74) is 1.09. The van der Waals surface area contributed by atoms with Crippen LogP contribution >= 0.6 is 11.3 Å². The third-order valence-corrected chi connectivity index (χ3v) is 4.60. The molecular formula is C20H26N4O4S. The first-order chi connectivity index (χ1) is 13.9. The van der Waals surface area contributed by atoms with Gasteiger partial charge in [-0.15, -0.1) is 11.3 Å². The normalized spacial score (nSPS) is 10.6. The zero-order valence-electron chi connectivity index (χ0n) is 16.8. The fourth-order valence-electron chi connectivity index (χ4n) is 2.53. The zero-order valence-corrected chi connectivity index (χ0v) is 17.6. The van der Waals surface area contributed by atoms with E-state index in [4.69, 9.17) is 4.74 Å². The van der Waals surface area contributed by atoms with Crippen molar-refractivity contribution in [2.45, 2.75) is 26.3 Å². The first kappa shape index (κ1) is 22.5. The Hall–Kier alpha value is -2.78. The summed E-state index contributed by atoms with van der Waals surface area (Å²) < 4.78 is 5.05. The molecule has 3 amide bonds. The van der Waals surface area contributed by atoms with Gasteiger partial charge in [0.15, 0.2) is 5.13 Å². The molecule has 0 aliphatic carbocycles. The zero-order chi connectivity index (χ0) is 21.2. The molecule has 2 N–H and O–H groups in total. The van der Waals surface area contributed by atoms with Crippen molar-refractivity contribution in [3.63, 3.8) is 0 Å². The number of carbonyl (C=O) groups is 3. The molecule has 0 bridgehead atoms. The summed E-state index contributed by atoms with van der Waals surface area (Å²) in [4.78, 5) is 42.6. The molecule has 0 saturated heterocycles. The highest BCUT2D eigenvalue weighted by Gasteiger charge is 2.19. The molecule has 1 heterocycles. The predicted octanol–water partition coefficient (Wildman–Crippen LogP) is 1.94. The third-order valence-electron chi connectivity index (χ3n) is 3.80. The SMILES string of the molecule is COCCN(CC(=O)Nc1nc(CC(=O)NC(C)C)cs1)C(=O)c1ccccc1. The van der Waals surface area contributed by atoms with Crippen LogP contribution in [0.5, 0.6) is 0 Å². The average molecular weight is 419 g/mol. The lowest BCUT2D eigenvalue weighted by atomic mass is 10.2. The van der Waals surface area contributed by atoms with Gasteiger partial charge in [-0.05, 0) is 26.0 Å². The minimum absolute atomic E-state index is 0.0561. The number of hydrogen-bond donors (Lipinski definition) is 2. The smallest absolute Gasteiger partial charge is 0.254 e. The van der Waals surface area contributed by atoms with E-state index in [1.54, 1.807) is 29.6 Å². The van der Waals surface area contributed by atoms with Crippen LogP contribution in [-0.2, 0) is 20.7 Å². The number of ether oxygens (including phenoxy) is 1. The van der Waals surface area contributed by atoms with Gasteiger partial charge in [0.05, 0.1) is 18.7 Å². The number of hydrogen-bond acceptors (Lipinski definition) is 6. The second kappa shape index (κ2) is 11.3. The molecule has 2 aromatic rings. The van der Waals surface area contributed by atoms with E-state index < -0.39 is 0 Å². The molecule has 0 saturated carbocycles. The highest BCUT2D eigenvalue weighted by Crippen LogP contribution is 2.16. The minimum Gasteiger partial charge on any atom is -0.383 e. The highest BCUT2D eigenvalue weighted by atomic mass is 32.1. The van der Waals surface area contributed by atoms with Gasteiger partial charge in [-0.3, -0.25) is 14.4 Å². The van der Waals surface area contributed by atoms with E-state index in [0.29, 0.717) is 23.0 Å². The van der Waals surface area contributed by atoms with Gasteiger partial charge in [-0.2, -0.15) is 0 Å². The van der Waals surface area contributed by atoms with Crippen molar-refractivity contribution in [3.8, 4) is 0 Å². The van der Waals surface area contributed by atoms with E-state index >= 15 is 0 Å². The molecule has 8 nitrogen and oxygen atoms in total. The van der Waals surface area contributed by atoms with Crippen molar-refractivity contribution in [2.24, 2.45) is 0 Å². The third kappa shape index (κ3) is 7.63. The Morgan fingerprint density at radius 2 is 1.90 bits per heavy atom. The number of carbonyl (C=O) groups excluding carboxylic acids is 3. The van der Waals surface area contributed by atoms with E-state index in [0.717, 1.165) is 0 Å². The molecule has 156 valence electrons. The van der Waals surface area contributed by atoms with Crippen LogP contribution < -0.4 is 10.6 Å². The predicted molar refractivity (Wildman–Crippen MR) is 112 cm³/mol. The minimum atomic E-state index is -0.363. The summed E-state index contributed by atoms with van der Waals surface area (Å²) in [6.07, 6.45) is 0.150. The lowest BCUT2D eigenvalue weighted by Gasteiger charge is -2.21. The van der Waals surface area contributed by atoms with Crippen LogP contribution in [0.25, 0.3) is 0 Å². The topological polar surface area (TPSA) is 101 Å². The molecule has 0 spiro atoms. The summed E-state index contributed by atoms with van der Waals surface area (Å²) in [5, 5.41) is 7.61. The quantitative estimate of drug-likeness (QED) is 0.614. The van der Waals surface area contributed by atoms with E-state index in [-0.39, 0.29) is 43.3 Å². The first-order valence-corrected chi connectivity index (χ1v) is 10.1. The van der Waals surface area contributed by atoms with Gasteiger partial charge in [0.1, 0.15) is 6.54 Å². The Kier molecular flexibility index (Phi) is 8.75. The largest absolute Gasteiger partial charge is 0.383 e. The van der Waals surface area contributed by atoms with E-state index in [1.807, 2.05) is 19.9 Å². The monoisotopic (exact) mass is 418 g/mol. The van der Waals surface area contributed by atoms with Crippen LogP contribution in [0.4, 0.5) is 5.13 Å². The average Bonchev–Trinajstić information content (AvgIpc) is 3.10. The van der Waals surface area contributed by atoms with Crippen molar-refractivity contribution in [1.82, 2.24) is 15.2 Å².